The quantitative estimate of drug-likeness (QED) is 0.148. The lowest BCUT2D eigenvalue weighted by Crippen LogP contribution is -2.05. The lowest BCUT2D eigenvalue weighted by atomic mass is 9.92. The number of fused-ring (bicyclic) bond motifs is 6. The van der Waals surface area contributed by atoms with Crippen molar-refractivity contribution in [3.63, 3.8) is 0 Å². The molecule has 11 heteroatoms. The van der Waals surface area contributed by atoms with Gasteiger partial charge in [0.05, 0.1) is 109 Å². The van der Waals surface area contributed by atoms with Crippen molar-refractivity contribution in [2.24, 2.45) is 0 Å². The summed E-state index contributed by atoms with van der Waals surface area (Å²) in [4.78, 5) is 0. The van der Waals surface area contributed by atoms with Crippen LogP contribution in [0.25, 0.3) is 122 Å². The Balaban J connectivity index is 1.14. The van der Waals surface area contributed by atoms with E-state index in [1.54, 1.807) is 36.4 Å². The second-order valence-corrected chi connectivity index (χ2v) is 20.2. The molecule has 2 heterocycles. The van der Waals surface area contributed by atoms with Gasteiger partial charge in [0, 0.05) is 32.7 Å². The van der Waals surface area contributed by atoms with Crippen LogP contribution in [0.1, 0.15) is 38.9 Å². The summed E-state index contributed by atoms with van der Waals surface area (Å²) in [6.07, 6.45) is -4.71. The molecular weight excluding hydrogens is 1050 g/mol. The van der Waals surface area contributed by atoms with E-state index in [-0.39, 0.29) is 11.1 Å². The lowest BCUT2D eigenvalue weighted by molar-refractivity contribution is -0.137. The van der Waals surface area contributed by atoms with Crippen molar-refractivity contribution >= 4 is 43.6 Å². The van der Waals surface area contributed by atoms with Crippen LogP contribution in [0.5, 0.6) is 0 Å². The van der Waals surface area contributed by atoms with Gasteiger partial charge in [0.2, 0.25) is 0 Å². The Kier molecular flexibility index (Phi) is 12.5. The molecule has 8 nitrogen and oxygen atoms in total. The number of halogens is 3. The fourth-order valence-electron chi connectivity index (χ4n) is 11.8. The number of aromatic nitrogens is 2. The largest absolute Gasteiger partial charge is 0.416 e. The van der Waals surface area contributed by atoms with Crippen LogP contribution in [0.15, 0.2) is 224 Å². The molecule has 13 rings (SSSR count). The molecule has 390 valence electrons. The number of benzene rings is 11. The van der Waals surface area contributed by atoms with Crippen molar-refractivity contribution in [3.8, 4) is 115 Å². The number of hydrogen-bond acceptors (Lipinski definition) is 6. The summed E-state index contributed by atoms with van der Waals surface area (Å²) in [7, 11) is 0. The van der Waals surface area contributed by atoms with Crippen molar-refractivity contribution < 1.29 is 13.2 Å². The van der Waals surface area contributed by atoms with E-state index in [0.717, 1.165) is 100 Å². The molecule has 0 spiro atoms. The molecule has 84 heavy (non-hydrogen) atoms. The van der Waals surface area contributed by atoms with Crippen LogP contribution in [-0.4, -0.2) is 9.13 Å². The predicted molar refractivity (Wildman–Crippen MR) is 321 cm³/mol. The molecule has 0 N–H and O–H groups in total. The molecule has 2 aromatic heterocycles. The molecule has 0 radical (unpaired) electrons. The number of rotatable bonds is 8. The van der Waals surface area contributed by atoms with Gasteiger partial charge in [-0.25, -0.2) is 0 Å². The van der Waals surface area contributed by atoms with Crippen LogP contribution in [0, 0.1) is 68.0 Å². The van der Waals surface area contributed by atoms with Crippen LogP contribution in [-0.2, 0) is 6.18 Å². The SMILES string of the molecule is N#Cc1ccc(-c2cc(-c3ccc(C(F)(F)F)cc3C#N)ccc2-n2c3ccc(-c4ccccc4C#N)cc3c3cc(-c4ccccc4C#N)ccc32)c(-n2c3ccc(-c4ccccc4C#N)cc3c3cc(-c4ccccc4C#N)ccc32)c1. The first kappa shape index (κ1) is 51.2. The standard InChI is InChI=1S/C73H37F3N8/c74-73(75,76)55-23-25-60(54(32-55)43-82)49-22-26-67(83-68-27-18-45(56-13-5-1-9-50(56)39-78)34-63(68)64-35-46(19-28-69(64)83)57-14-6-2-10-51(57)40-79)62(33-49)61-24-17-44(38-77)31-72(61)84-70-29-20-47(58-15-7-3-11-52(58)41-80)36-65(70)66-37-48(21-30-71(66)84)59-16-8-4-12-53(59)42-81/h1-37H. The van der Waals surface area contributed by atoms with Crippen LogP contribution >= 0.6 is 0 Å². The Hall–Kier alpha value is -12.3. The third-order valence-electron chi connectivity index (χ3n) is 15.6. The molecule has 13 aromatic rings. The second kappa shape index (κ2) is 20.4. The second-order valence-electron chi connectivity index (χ2n) is 20.2. The van der Waals surface area contributed by atoms with Crippen molar-refractivity contribution in [1.29, 1.82) is 31.6 Å². The minimum Gasteiger partial charge on any atom is -0.309 e. The summed E-state index contributed by atoms with van der Waals surface area (Å²) in [5.74, 6) is 0. The molecule has 0 unspecified atom stereocenters. The van der Waals surface area contributed by atoms with Crippen molar-refractivity contribution in [1.82, 2.24) is 9.13 Å². The summed E-state index contributed by atoms with van der Waals surface area (Å²) in [5.41, 5.74) is 13.4. The Morgan fingerprint density at radius 3 is 1.00 bits per heavy atom. The van der Waals surface area contributed by atoms with E-state index in [9.17, 15) is 44.7 Å². The minimum absolute atomic E-state index is 0.180. The van der Waals surface area contributed by atoms with Gasteiger partial charge in [-0.05, 0) is 165 Å². The first-order valence-corrected chi connectivity index (χ1v) is 26.5. The normalized spacial score (nSPS) is 11.2. The Labute approximate surface area is 479 Å². The molecule has 0 aliphatic rings. The van der Waals surface area contributed by atoms with Crippen molar-refractivity contribution in [2.45, 2.75) is 6.18 Å². The Morgan fingerprint density at radius 1 is 0.274 bits per heavy atom. The van der Waals surface area contributed by atoms with E-state index in [4.69, 9.17) is 0 Å². The Morgan fingerprint density at radius 2 is 0.619 bits per heavy atom. The number of nitriles is 6. The summed E-state index contributed by atoms with van der Waals surface area (Å²) in [5, 5.41) is 65.6. The smallest absolute Gasteiger partial charge is 0.309 e. The summed E-state index contributed by atoms with van der Waals surface area (Å²) < 4.78 is 47.0. The Bertz CT molecular complexity index is 5000. The molecule has 0 saturated heterocycles. The van der Waals surface area contributed by atoms with Gasteiger partial charge in [-0.1, -0.05) is 115 Å². The molecule has 0 aliphatic carbocycles. The lowest BCUT2D eigenvalue weighted by Gasteiger charge is -2.20. The molecule has 0 bridgehead atoms. The van der Waals surface area contributed by atoms with Gasteiger partial charge < -0.3 is 9.13 Å². The van der Waals surface area contributed by atoms with Crippen molar-refractivity contribution in [2.75, 3.05) is 0 Å². The molecule has 0 aliphatic heterocycles. The summed E-state index contributed by atoms with van der Waals surface area (Å²) in [6.45, 7) is 0. The molecule has 0 amide bonds. The van der Waals surface area contributed by atoms with Crippen LogP contribution in [0.2, 0.25) is 0 Å². The zero-order valence-corrected chi connectivity index (χ0v) is 44.1. The van der Waals surface area contributed by atoms with E-state index < -0.39 is 11.7 Å². The number of hydrogen-bond donors (Lipinski definition) is 0. The van der Waals surface area contributed by atoms with Crippen molar-refractivity contribution in [3.05, 3.63) is 263 Å². The molecular formula is C73H37F3N8. The maximum Gasteiger partial charge on any atom is 0.416 e. The van der Waals surface area contributed by atoms with E-state index in [1.807, 2.05) is 164 Å². The highest BCUT2D eigenvalue weighted by molar-refractivity contribution is 6.14. The summed E-state index contributed by atoms with van der Waals surface area (Å²) in [6, 6.07) is 81.3. The molecule has 0 fully saturated rings. The topological polar surface area (TPSA) is 153 Å². The van der Waals surface area contributed by atoms with Gasteiger partial charge in [0.1, 0.15) is 0 Å². The van der Waals surface area contributed by atoms with E-state index in [2.05, 4.69) is 51.6 Å². The first-order valence-electron chi connectivity index (χ1n) is 26.5. The monoisotopic (exact) mass is 1080 g/mol. The zero-order valence-electron chi connectivity index (χ0n) is 44.1. The maximum atomic E-state index is 14.3. The third-order valence-corrected chi connectivity index (χ3v) is 15.6. The van der Waals surface area contributed by atoms with E-state index in [1.165, 1.54) is 6.07 Å². The molecule has 11 aromatic carbocycles. The average Bonchev–Trinajstić information content (AvgIpc) is 2.21. The summed E-state index contributed by atoms with van der Waals surface area (Å²) >= 11 is 0. The molecule has 0 atom stereocenters. The first-order chi connectivity index (χ1) is 41.0. The molecule has 0 saturated carbocycles. The highest BCUT2D eigenvalue weighted by atomic mass is 19.4. The van der Waals surface area contributed by atoms with Gasteiger partial charge >= 0.3 is 6.18 Å². The van der Waals surface area contributed by atoms with Crippen LogP contribution in [0.4, 0.5) is 13.2 Å². The predicted octanol–water partition coefficient (Wildman–Crippen LogP) is 18.1. The zero-order chi connectivity index (χ0) is 57.8. The van der Waals surface area contributed by atoms with Gasteiger partial charge in [0.25, 0.3) is 0 Å². The fourth-order valence-corrected chi connectivity index (χ4v) is 11.8. The number of alkyl halides is 3. The van der Waals surface area contributed by atoms with Gasteiger partial charge in [-0.2, -0.15) is 44.7 Å². The van der Waals surface area contributed by atoms with E-state index >= 15 is 0 Å². The average molecular weight is 1080 g/mol. The van der Waals surface area contributed by atoms with Crippen LogP contribution < -0.4 is 0 Å². The van der Waals surface area contributed by atoms with Gasteiger partial charge in [-0.3, -0.25) is 0 Å². The van der Waals surface area contributed by atoms with E-state index in [0.29, 0.717) is 55.9 Å². The van der Waals surface area contributed by atoms with Gasteiger partial charge in [-0.15, -0.1) is 0 Å². The maximum absolute atomic E-state index is 14.3. The number of nitrogens with zero attached hydrogens (tertiary/aromatic N) is 8. The van der Waals surface area contributed by atoms with Crippen LogP contribution in [0.3, 0.4) is 0 Å². The fraction of sp³-hybridized carbons (Fsp3) is 0.0137. The highest BCUT2D eigenvalue weighted by Crippen LogP contribution is 2.46. The highest BCUT2D eigenvalue weighted by Gasteiger charge is 2.32. The van der Waals surface area contributed by atoms with Gasteiger partial charge in [0.15, 0.2) is 0 Å². The third kappa shape index (κ3) is 8.52. The minimum atomic E-state index is -4.71.